The molecule has 0 aliphatic heterocycles. The molecule has 0 spiro atoms. The predicted octanol–water partition coefficient (Wildman–Crippen LogP) is 13.3. The highest BCUT2D eigenvalue weighted by Gasteiger charge is 2.23. The molecule has 3 heterocycles. The summed E-state index contributed by atoms with van der Waals surface area (Å²) < 4.78 is 9.23. The van der Waals surface area contributed by atoms with E-state index in [1.165, 1.54) is 37.7 Å². The standard InChI is InChI=1S/C51H30N4O/c1-2-13-32(14-3-1)49-52-50(36-24-25-38-35(28-36)23-22-31-12-6-7-17-37(31)38)54-51(53-49)41-26-27-44(47-40-19-9-11-21-46(40)56-48(41)47)55-43-20-10-8-18-39(43)42-29-33-15-4-5-16-34(33)30-45(42)55/h1-30H. The lowest BCUT2D eigenvalue weighted by Crippen LogP contribution is -2.01. The average Bonchev–Trinajstić information content (AvgIpc) is 3.81. The molecule has 0 saturated heterocycles. The van der Waals surface area contributed by atoms with Crippen molar-refractivity contribution in [3.63, 3.8) is 0 Å². The molecule has 5 heteroatoms. The molecule has 0 amide bonds. The number of nitrogens with zero attached hydrogens (tertiary/aromatic N) is 4. The van der Waals surface area contributed by atoms with Crippen LogP contribution in [0, 0.1) is 0 Å². The quantitative estimate of drug-likeness (QED) is 0.170. The molecule has 0 atom stereocenters. The number of hydrogen-bond acceptors (Lipinski definition) is 4. The predicted molar refractivity (Wildman–Crippen MR) is 230 cm³/mol. The fourth-order valence-electron chi connectivity index (χ4n) is 8.58. The van der Waals surface area contributed by atoms with Crippen molar-refractivity contribution in [3.8, 4) is 39.9 Å². The number of benzene rings is 9. The Bertz CT molecular complexity index is 3540. The lowest BCUT2D eigenvalue weighted by Gasteiger charge is -2.13. The first-order valence-electron chi connectivity index (χ1n) is 18.9. The molecule has 5 nitrogen and oxygen atoms in total. The molecule has 0 aliphatic carbocycles. The van der Waals surface area contributed by atoms with Gasteiger partial charge in [0.15, 0.2) is 17.5 Å². The number of hydrogen-bond donors (Lipinski definition) is 0. The Morgan fingerprint density at radius 2 is 1.02 bits per heavy atom. The zero-order valence-corrected chi connectivity index (χ0v) is 30.0. The van der Waals surface area contributed by atoms with E-state index in [-0.39, 0.29) is 0 Å². The summed E-state index contributed by atoms with van der Waals surface area (Å²) in [5.74, 6) is 1.76. The molecule has 12 aromatic rings. The summed E-state index contributed by atoms with van der Waals surface area (Å²) in [6.45, 7) is 0. The van der Waals surface area contributed by atoms with Crippen LogP contribution in [0.2, 0.25) is 0 Å². The van der Waals surface area contributed by atoms with Crippen LogP contribution >= 0.6 is 0 Å². The van der Waals surface area contributed by atoms with Gasteiger partial charge in [0.1, 0.15) is 11.2 Å². The second-order valence-electron chi connectivity index (χ2n) is 14.4. The number of aromatic nitrogens is 4. The summed E-state index contributed by atoms with van der Waals surface area (Å²) >= 11 is 0. The Balaban J connectivity index is 1.13. The van der Waals surface area contributed by atoms with Gasteiger partial charge >= 0.3 is 0 Å². The Morgan fingerprint density at radius 1 is 0.375 bits per heavy atom. The molecule has 0 fully saturated rings. The molecular weight excluding hydrogens is 685 g/mol. The van der Waals surface area contributed by atoms with E-state index in [0.29, 0.717) is 17.5 Å². The fourth-order valence-corrected chi connectivity index (χ4v) is 8.58. The maximum absolute atomic E-state index is 6.85. The highest BCUT2D eigenvalue weighted by atomic mass is 16.3. The van der Waals surface area contributed by atoms with Crippen molar-refractivity contribution in [2.24, 2.45) is 0 Å². The summed E-state index contributed by atoms with van der Waals surface area (Å²) in [5.41, 5.74) is 7.49. The zero-order chi connectivity index (χ0) is 36.7. The van der Waals surface area contributed by atoms with E-state index in [1.54, 1.807) is 0 Å². The molecule has 9 aromatic carbocycles. The van der Waals surface area contributed by atoms with Crippen molar-refractivity contribution in [1.82, 2.24) is 19.5 Å². The molecule has 0 radical (unpaired) electrons. The van der Waals surface area contributed by atoms with Crippen LogP contribution in [0.3, 0.4) is 0 Å². The normalized spacial score (nSPS) is 11.9. The van der Waals surface area contributed by atoms with Crippen molar-refractivity contribution >= 4 is 76.1 Å². The van der Waals surface area contributed by atoms with Gasteiger partial charge in [0.05, 0.1) is 27.7 Å². The molecule has 0 bridgehead atoms. The van der Waals surface area contributed by atoms with Crippen LogP contribution in [0.4, 0.5) is 0 Å². The van der Waals surface area contributed by atoms with Gasteiger partial charge < -0.3 is 8.98 Å². The van der Waals surface area contributed by atoms with Crippen molar-refractivity contribution in [1.29, 1.82) is 0 Å². The van der Waals surface area contributed by atoms with Gasteiger partial charge in [-0.15, -0.1) is 0 Å². The van der Waals surface area contributed by atoms with E-state index in [2.05, 4.69) is 144 Å². The van der Waals surface area contributed by atoms with E-state index in [1.807, 2.05) is 42.5 Å². The Labute approximate surface area is 320 Å². The van der Waals surface area contributed by atoms with E-state index in [4.69, 9.17) is 19.4 Å². The molecule has 0 unspecified atom stereocenters. The summed E-state index contributed by atoms with van der Waals surface area (Å²) in [4.78, 5) is 15.5. The molecule has 0 N–H and O–H groups in total. The maximum atomic E-state index is 6.85. The first kappa shape index (κ1) is 30.8. The minimum atomic E-state index is 0.552. The van der Waals surface area contributed by atoms with E-state index in [9.17, 15) is 0 Å². The van der Waals surface area contributed by atoms with Gasteiger partial charge in [-0.05, 0) is 74.8 Å². The second kappa shape index (κ2) is 11.9. The van der Waals surface area contributed by atoms with Crippen molar-refractivity contribution < 1.29 is 4.42 Å². The zero-order valence-electron chi connectivity index (χ0n) is 30.0. The van der Waals surface area contributed by atoms with Gasteiger partial charge in [-0.3, -0.25) is 0 Å². The molecule has 0 aliphatic rings. The lowest BCUT2D eigenvalue weighted by molar-refractivity contribution is 0.669. The fraction of sp³-hybridized carbons (Fsp3) is 0. The van der Waals surface area contributed by atoms with Gasteiger partial charge in [-0.2, -0.15) is 0 Å². The Kier molecular flexibility index (Phi) is 6.56. The van der Waals surface area contributed by atoms with Gasteiger partial charge in [0.2, 0.25) is 0 Å². The second-order valence-corrected chi connectivity index (χ2v) is 14.4. The summed E-state index contributed by atoms with van der Waals surface area (Å²) in [7, 11) is 0. The van der Waals surface area contributed by atoms with Crippen LogP contribution in [-0.2, 0) is 0 Å². The topological polar surface area (TPSA) is 56.7 Å². The highest BCUT2D eigenvalue weighted by molar-refractivity contribution is 6.18. The SMILES string of the molecule is c1ccc(-c2nc(-c3ccc4c(ccc5ccccc54)c3)nc(-c3ccc(-n4c5ccccc5c5cc6ccccc6cc54)c4c3oc3ccccc34)n2)cc1. The molecule has 3 aromatic heterocycles. The Morgan fingerprint density at radius 3 is 1.88 bits per heavy atom. The van der Waals surface area contributed by atoms with Gasteiger partial charge in [0, 0.05) is 27.3 Å². The molecular formula is C51H30N4O. The minimum Gasteiger partial charge on any atom is -0.455 e. The highest BCUT2D eigenvalue weighted by Crippen LogP contribution is 2.43. The van der Waals surface area contributed by atoms with Crippen molar-refractivity contribution in [2.75, 3.05) is 0 Å². The monoisotopic (exact) mass is 714 g/mol. The van der Waals surface area contributed by atoms with Crippen molar-refractivity contribution in [2.45, 2.75) is 0 Å². The van der Waals surface area contributed by atoms with E-state index < -0.39 is 0 Å². The van der Waals surface area contributed by atoms with Crippen LogP contribution in [0.25, 0.3) is 116 Å². The lowest BCUT2D eigenvalue weighted by atomic mass is 10.00. The summed E-state index contributed by atoms with van der Waals surface area (Å²) in [6, 6.07) is 63.9. The summed E-state index contributed by atoms with van der Waals surface area (Å²) in [5, 5.41) is 11.6. The number of fused-ring (bicyclic) bond motifs is 10. The maximum Gasteiger partial charge on any atom is 0.167 e. The average molecular weight is 715 g/mol. The Hall–Kier alpha value is -7.63. The van der Waals surface area contributed by atoms with E-state index in [0.717, 1.165) is 60.7 Å². The van der Waals surface area contributed by atoms with Crippen LogP contribution < -0.4 is 0 Å². The van der Waals surface area contributed by atoms with Gasteiger partial charge in [-0.25, -0.2) is 15.0 Å². The van der Waals surface area contributed by atoms with Crippen LogP contribution in [0.15, 0.2) is 186 Å². The van der Waals surface area contributed by atoms with Crippen LogP contribution in [-0.4, -0.2) is 19.5 Å². The third-order valence-electron chi connectivity index (χ3n) is 11.2. The largest absolute Gasteiger partial charge is 0.455 e. The summed E-state index contributed by atoms with van der Waals surface area (Å²) in [6.07, 6.45) is 0. The van der Waals surface area contributed by atoms with Gasteiger partial charge in [-0.1, -0.05) is 140 Å². The number of para-hydroxylation sites is 2. The molecule has 56 heavy (non-hydrogen) atoms. The van der Waals surface area contributed by atoms with Crippen LogP contribution in [0.5, 0.6) is 0 Å². The third-order valence-corrected chi connectivity index (χ3v) is 11.2. The molecule has 260 valence electrons. The minimum absolute atomic E-state index is 0.552. The number of rotatable bonds is 4. The first-order valence-corrected chi connectivity index (χ1v) is 18.9. The third kappa shape index (κ3) is 4.64. The van der Waals surface area contributed by atoms with Gasteiger partial charge in [0.25, 0.3) is 0 Å². The van der Waals surface area contributed by atoms with Crippen LogP contribution in [0.1, 0.15) is 0 Å². The first-order chi connectivity index (χ1) is 27.7. The van der Waals surface area contributed by atoms with E-state index >= 15 is 0 Å². The molecule has 0 saturated carbocycles. The smallest absolute Gasteiger partial charge is 0.167 e. The molecule has 12 rings (SSSR count). The number of furan rings is 1. The van der Waals surface area contributed by atoms with Crippen molar-refractivity contribution in [3.05, 3.63) is 182 Å².